The summed E-state index contributed by atoms with van der Waals surface area (Å²) < 4.78 is 0. The minimum Gasteiger partial charge on any atom is -0.258 e. The lowest BCUT2D eigenvalue weighted by molar-refractivity contribution is -0.386. The zero-order valence-corrected chi connectivity index (χ0v) is 10.6. The molecular formula is C9H10BrClN2O2. The molecule has 0 aliphatic carbocycles. The van der Waals surface area contributed by atoms with Crippen LogP contribution in [0.25, 0.3) is 0 Å². The molecule has 0 spiro atoms. The van der Waals surface area contributed by atoms with Crippen molar-refractivity contribution >= 4 is 33.2 Å². The molecule has 0 bridgehead atoms. The summed E-state index contributed by atoms with van der Waals surface area (Å²) in [5, 5.41) is 11.1. The maximum absolute atomic E-state index is 10.8. The SMILES string of the molecule is CC(Br)C(C)c1ncc(Cl)cc1[N+](=O)[O-]. The molecular weight excluding hydrogens is 283 g/mol. The van der Waals surface area contributed by atoms with Crippen LogP contribution in [-0.2, 0) is 0 Å². The van der Waals surface area contributed by atoms with Crippen molar-refractivity contribution in [3.8, 4) is 0 Å². The van der Waals surface area contributed by atoms with E-state index in [2.05, 4.69) is 20.9 Å². The first kappa shape index (κ1) is 12.4. The molecule has 2 atom stereocenters. The second-order valence-corrected chi connectivity index (χ2v) is 5.16. The summed E-state index contributed by atoms with van der Waals surface area (Å²) in [4.78, 5) is 14.5. The predicted molar refractivity (Wildman–Crippen MR) is 62.7 cm³/mol. The van der Waals surface area contributed by atoms with E-state index in [9.17, 15) is 10.1 Å². The highest BCUT2D eigenvalue weighted by Crippen LogP contribution is 2.31. The van der Waals surface area contributed by atoms with Gasteiger partial charge < -0.3 is 0 Å². The molecule has 6 heteroatoms. The third-order valence-electron chi connectivity index (χ3n) is 2.18. The molecule has 0 aliphatic rings. The molecule has 15 heavy (non-hydrogen) atoms. The van der Waals surface area contributed by atoms with E-state index in [1.807, 2.05) is 13.8 Å². The van der Waals surface area contributed by atoms with Crippen molar-refractivity contribution < 1.29 is 4.92 Å². The number of nitrogens with zero attached hydrogens (tertiary/aromatic N) is 2. The molecule has 1 heterocycles. The molecule has 0 saturated heterocycles. The van der Waals surface area contributed by atoms with Crippen LogP contribution in [0.15, 0.2) is 12.3 Å². The van der Waals surface area contributed by atoms with E-state index in [0.717, 1.165) is 0 Å². The molecule has 0 aromatic carbocycles. The molecule has 1 rings (SSSR count). The maximum Gasteiger partial charge on any atom is 0.292 e. The van der Waals surface area contributed by atoms with Crippen molar-refractivity contribution in [1.82, 2.24) is 4.98 Å². The summed E-state index contributed by atoms with van der Waals surface area (Å²) in [7, 11) is 0. The number of alkyl halides is 1. The highest BCUT2D eigenvalue weighted by molar-refractivity contribution is 9.09. The third-order valence-corrected chi connectivity index (χ3v) is 3.18. The Morgan fingerprint density at radius 2 is 2.20 bits per heavy atom. The van der Waals surface area contributed by atoms with Gasteiger partial charge in [0.15, 0.2) is 0 Å². The van der Waals surface area contributed by atoms with E-state index >= 15 is 0 Å². The van der Waals surface area contributed by atoms with E-state index in [0.29, 0.717) is 5.69 Å². The average Bonchev–Trinajstić information content (AvgIpc) is 2.16. The van der Waals surface area contributed by atoms with E-state index in [1.165, 1.54) is 12.3 Å². The highest BCUT2D eigenvalue weighted by Gasteiger charge is 2.23. The van der Waals surface area contributed by atoms with Crippen molar-refractivity contribution in [2.75, 3.05) is 0 Å². The van der Waals surface area contributed by atoms with E-state index in [1.54, 1.807) is 0 Å². The summed E-state index contributed by atoms with van der Waals surface area (Å²) in [6.45, 7) is 3.80. The van der Waals surface area contributed by atoms with Gasteiger partial charge in [0.2, 0.25) is 0 Å². The molecule has 4 nitrogen and oxygen atoms in total. The van der Waals surface area contributed by atoms with Gasteiger partial charge in [-0.3, -0.25) is 15.1 Å². The van der Waals surface area contributed by atoms with Crippen molar-refractivity contribution in [1.29, 1.82) is 0 Å². The molecule has 82 valence electrons. The van der Waals surface area contributed by atoms with Gasteiger partial charge >= 0.3 is 0 Å². The molecule has 1 aromatic heterocycles. The van der Waals surface area contributed by atoms with Crippen LogP contribution in [-0.4, -0.2) is 14.7 Å². The summed E-state index contributed by atoms with van der Waals surface area (Å²) in [6, 6.07) is 1.33. The van der Waals surface area contributed by atoms with Crippen molar-refractivity contribution in [2.24, 2.45) is 0 Å². The number of pyridine rings is 1. The Balaban J connectivity index is 3.22. The molecule has 0 amide bonds. The topological polar surface area (TPSA) is 56.0 Å². The van der Waals surface area contributed by atoms with Gasteiger partial charge in [-0.25, -0.2) is 0 Å². The molecule has 0 fully saturated rings. The van der Waals surface area contributed by atoms with Crippen LogP contribution in [0.1, 0.15) is 25.5 Å². The van der Waals surface area contributed by atoms with Crippen LogP contribution < -0.4 is 0 Å². The average molecular weight is 294 g/mol. The summed E-state index contributed by atoms with van der Waals surface area (Å²) in [6.07, 6.45) is 1.43. The van der Waals surface area contributed by atoms with Crippen LogP contribution in [0.5, 0.6) is 0 Å². The zero-order chi connectivity index (χ0) is 11.6. The molecule has 0 N–H and O–H groups in total. The fraction of sp³-hybridized carbons (Fsp3) is 0.444. The van der Waals surface area contributed by atoms with Gasteiger partial charge in [0.05, 0.1) is 9.95 Å². The molecule has 0 aliphatic heterocycles. The molecule has 2 unspecified atom stereocenters. The van der Waals surface area contributed by atoms with E-state index in [-0.39, 0.29) is 21.5 Å². The fourth-order valence-electron chi connectivity index (χ4n) is 1.15. The second kappa shape index (κ2) is 4.90. The monoisotopic (exact) mass is 292 g/mol. The summed E-state index contributed by atoms with van der Waals surface area (Å²) >= 11 is 9.05. The van der Waals surface area contributed by atoms with Crippen molar-refractivity contribution in [3.05, 3.63) is 33.1 Å². The van der Waals surface area contributed by atoms with Crippen molar-refractivity contribution in [3.63, 3.8) is 0 Å². The Morgan fingerprint density at radius 3 is 2.67 bits per heavy atom. The van der Waals surface area contributed by atoms with Gasteiger partial charge in [-0.05, 0) is 0 Å². The van der Waals surface area contributed by atoms with Crippen LogP contribution in [0.4, 0.5) is 5.69 Å². The smallest absolute Gasteiger partial charge is 0.258 e. The van der Waals surface area contributed by atoms with Crippen LogP contribution in [0.2, 0.25) is 5.02 Å². The van der Waals surface area contributed by atoms with Gasteiger partial charge in [0, 0.05) is 23.0 Å². The first-order valence-electron chi connectivity index (χ1n) is 4.37. The summed E-state index contributed by atoms with van der Waals surface area (Å²) in [5.41, 5.74) is 0.426. The lowest BCUT2D eigenvalue weighted by Gasteiger charge is -2.13. The third kappa shape index (κ3) is 2.89. The minimum absolute atomic E-state index is 0.0266. The number of rotatable bonds is 3. The number of nitro groups is 1. The lowest BCUT2D eigenvalue weighted by Crippen LogP contribution is -2.09. The van der Waals surface area contributed by atoms with Crippen LogP contribution in [0.3, 0.4) is 0 Å². The van der Waals surface area contributed by atoms with Crippen molar-refractivity contribution in [2.45, 2.75) is 24.6 Å². The maximum atomic E-state index is 10.8. The Hall–Kier alpha value is -0.680. The first-order valence-corrected chi connectivity index (χ1v) is 5.66. The number of aromatic nitrogens is 1. The Kier molecular flexibility index (Phi) is 4.04. The van der Waals surface area contributed by atoms with Gasteiger partial charge in [0.1, 0.15) is 5.69 Å². The van der Waals surface area contributed by atoms with Gasteiger partial charge in [-0.1, -0.05) is 41.4 Å². The predicted octanol–water partition coefficient (Wildman–Crippen LogP) is 3.53. The summed E-state index contributed by atoms with van der Waals surface area (Å²) in [5.74, 6) is -0.0392. The molecule has 0 saturated carbocycles. The number of hydrogen-bond donors (Lipinski definition) is 0. The van der Waals surface area contributed by atoms with Crippen LogP contribution >= 0.6 is 27.5 Å². The Bertz CT molecular complexity index is 384. The van der Waals surface area contributed by atoms with Gasteiger partial charge in [-0.2, -0.15) is 0 Å². The second-order valence-electron chi connectivity index (χ2n) is 3.28. The lowest BCUT2D eigenvalue weighted by atomic mass is 10.0. The highest BCUT2D eigenvalue weighted by atomic mass is 79.9. The molecule has 0 radical (unpaired) electrons. The van der Waals surface area contributed by atoms with E-state index in [4.69, 9.17) is 11.6 Å². The molecule has 1 aromatic rings. The Labute approximate surface area is 101 Å². The fourth-order valence-corrected chi connectivity index (χ4v) is 1.56. The quantitative estimate of drug-likeness (QED) is 0.486. The van der Waals surface area contributed by atoms with Gasteiger partial charge in [0.25, 0.3) is 5.69 Å². The first-order chi connectivity index (χ1) is 6.93. The minimum atomic E-state index is -0.458. The Morgan fingerprint density at radius 1 is 1.60 bits per heavy atom. The number of halogens is 2. The number of hydrogen-bond acceptors (Lipinski definition) is 3. The van der Waals surface area contributed by atoms with Crippen LogP contribution in [0, 0.1) is 10.1 Å². The largest absolute Gasteiger partial charge is 0.292 e. The normalized spacial score (nSPS) is 14.7. The van der Waals surface area contributed by atoms with E-state index < -0.39 is 4.92 Å². The standard InChI is InChI=1S/C9H10BrClN2O2/c1-5(6(2)10)9-8(13(14)15)3-7(11)4-12-9/h3-6H,1-2H3. The zero-order valence-electron chi connectivity index (χ0n) is 8.28. The van der Waals surface area contributed by atoms with Gasteiger partial charge in [-0.15, -0.1) is 0 Å².